The molecule has 0 aromatic heterocycles. The summed E-state index contributed by atoms with van der Waals surface area (Å²) < 4.78 is 5.18. The van der Waals surface area contributed by atoms with Crippen LogP contribution in [0.5, 0.6) is 0 Å². The molecule has 0 saturated carbocycles. The Hall–Kier alpha value is -1.10. The minimum absolute atomic E-state index is 0.221. The molecule has 142 valence electrons. The monoisotopic (exact) mass is 343 g/mol. The molecule has 0 aromatic rings. The van der Waals surface area contributed by atoms with Crippen LogP contribution in [-0.2, 0) is 14.3 Å². The molecular weight excluding hydrogens is 306 g/mol. The molecule has 24 heavy (non-hydrogen) atoms. The predicted molar refractivity (Wildman–Crippen MR) is 97.1 cm³/mol. The van der Waals surface area contributed by atoms with Crippen molar-refractivity contribution in [2.45, 2.75) is 91.0 Å². The van der Waals surface area contributed by atoms with E-state index in [4.69, 9.17) is 9.84 Å². The highest BCUT2D eigenvalue weighted by atomic mass is 16.5. The lowest BCUT2D eigenvalue weighted by molar-refractivity contribution is -0.144. The number of aliphatic carboxylic acids is 1. The van der Waals surface area contributed by atoms with E-state index in [1.165, 1.54) is 38.5 Å². The van der Waals surface area contributed by atoms with Crippen LogP contribution in [0.4, 0.5) is 0 Å². The van der Waals surface area contributed by atoms with Crippen LogP contribution >= 0.6 is 0 Å². The third-order valence-electron chi connectivity index (χ3n) is 3.99. The summed E-state index contributed by atoms with van der Waals surface area (Å²) in [7, 11) is 0. The predicted octanol–water partition coefficient (Wildman–Crippen LogP) is 4.15. The second-order valence-electron chi connectivity index (χ2n) is 6.92. The fourth-order valence-corrected chi connectivity index (χ4v) is 2.59. The topological polar surface area (TPSA) is 75.6 Å². The van der Waals surface area contributed by atoms with Crippen LogP contribution in [0, 0.1) is 5.92 Å². The zero-order valence-electron chi connectivity index (χ0n) is 15.8. The number of nitrogens with one attached hydrogen (secondary N) is 1. The van der Waals surface area contributed by atoms with Gasteiger partial charge in [0.05, 0.1) is 13.0 Å². The number of carboxylic acid groups (broad SMARTS) is 1. The molecule has 0 heterocycles. The Bertz CT molecular complexity index is 331. The number of carboxylic acids is 1. The number of carbonyl (C=O) groups excluding carboxylic acids is 1. The lowest BCUT2D eigenvalue weighted by Crippen LogP contribution is -2.39. The average Bonchev–Trinajstić information content (AvgIpc) is 2.51. The summed E-state index contributed by atoms with van der Waals surface area (Å²) in [5, 5.41) is 12.0. The first-order chi connectivity index (χ1) is 11.5. The van der Waals surface area contributed by atoms with Gasteiger partial charge in [-0.3, -0.25) is 9.59 Å². The Morgan fingerprint density at radius 1 is 1.00 bits per heavy atom. The molecule has 0 fully saturated rings. The molecule has 1 atom stereocenters. The molecule has 1 unspecified atom stereocenters. The zero-order chi connectivity index (χ0) is 18.2. The molecule has 0 spiro atoms. The van der Waals surface area contributed by atoms with Crippen molar-refractivity contribution in [1.82, 2.24) is 5.32 Å². The van der Waals surface area contributed by atoms with E-state index in [1.807, 2.05) is 13.8 Å². The SMILES string of the molecule is CCCCCCCCCCOC(=O)CCNC(CC(C)C)C(=O)O. The lowest BCUT2D eigenvalue weighted by atomic mass is 10.0. The maximum absolute atomic E-state index is 11.6. The first kappa shape index (κ1) is 22.9. The number of carbonyl (C=O) groups is 2. The van der Waals surface area contributed by atoms with Crippen molar-refractivity contribution in [3.8, 4) is 0 Å². The van der Waals surface area contributed by atoms with Gasteiger partial charge < -0.3 is 15.2 Å². The van der Waals surface area contributed by atoms with Crippen molar-refractivity contribution >= 4 is 11.9 Å². The van der Waals surface area contributed by atoms with Gasteiger partial charge in [-0.15, -0.1) is 0 Å². The van der Waals surface area contributed by atoms with E-state index >= 15 is 0 Å². The van der Waals surface area contributed by atoms with Crippen LogP contribution in [-0.4, -0.2) is 36.2 Å². The molecule has 0 bridgehead atoms. The van der Waals surface area contributed by atoms with Gasteiger partial charge in [0.15, 0.2) is 0 Å². The van der Waals surface area contributed by atoms with E-state index in [0.717, 1.165) is 12.8 Å². The van der Waals surface area contributed by atoms with Crippen LogP contribution in [0.25, 0.3) is 0 Å². The first-order valence-electron chi connectivity index (χ1n) is 9.59. The van der Waals surface area contributed by atoms with Gasteiger partial charge in [-0.2, -0.15) is 0 Å². The third kappa shape index (κ3) is 14.5. The largest absolute Gasteiger partial charge is 0.480 e. The third-order valence-corrected chi connectivity index (χ3v) is 3.99. The summed E-state index contributed by atoms with van der Waals surface area (Å²) in [6.45, 7) is 7.00. The maximum Gasteiger partial charge on any atom is 0.320 e. The van der Waals surface area contributed by atoms with Crippen molar-refractivity contribution in [2.24, 2.45) is 5.92 Å². The van der Waals surface area contributed by atoms with Gasteiger partial charge >= 0.3 is 11.9 Å². The highest BCUT2D eigenvalue weighted by Crippen LogP contribution is 2.08. The molecule has 0 aliphatic rings. The van der Waals surface area contributed by atoms with Gasteiger partial charge in [0.1, 0.15) is 6.04 Å². The van der Waals surface area contributed by atoms with Gasteiger partial charge in [0.25, 0.3) is 0 Å². The van der Waals surface area contributed by atoms with E-state index in [1.54, 1.807) is 0 Å². The summed E-state index contributed by atoms with van der Waals surface area (Å²) >= 11 is 0. The summed E-state index contributed by atoms with van der Waals surface area (Å²) in [6, 6.07) is -0.592. The average molecular weight is 344 g/mol. The van der Waals surface area contributed by atoms with Crippen molar-refractivity contribution < 1.29 is 19.4 Å². The quantitative estimate of drug-likeness (QED) is 0.325. The number of ether oxygens (including phenoxy) is 1. The number of hydrogen-bond donors (Lipinski definition) is 2. The molecule has 0 aliphatic heterocycles. The Balaban J connectivity index is 3.54. The summed E-state index contributed by atoms with van der Waals surface area (Å²) in [5.74, 6) is -0.817. The van der Waals surface area contributed by atoms with Gasteiger partial charge in [0.2, 0.25) is 0 Å². The number of esters is 1. The molecule has 2 N–H and O–H groups in total. The number of rotatable bonds is 16. The Morgan fingerprint density at radius 2 is 1.58 bits per heavy atom. The molecule has 0 aliphatic carbocycles. The Morgan fingerprint density at radius 3 is 2.12 bits per heavy atom. The Kier molecular flexibility index (Phi) is 14.7. The molecule has 0 saturated heterocycles. The van der Waals surface area contributed by atoms with Gasteiger partial charge in [-0.25, -0.2) is 0 Å². The smallest absolute Gasteiger partial charge is 0.320 e. The molecule has 0 rings (SSSR count). The minimum atomic E-state index is -0.865. The minimum Gasteiger partial charge on any atom is -0.480 e. The van der Waals surface area contributed by atoms with Crippen molar-refractivity contribution in [3.05, 3.63) is 0 Å². The molecule has 5 heteroatoms. The number of unbranched alkanes of at least 4 members (excludes halogenated alkanes) is 7. The molecule has 0 amide bonds. The van der Waals surface area contributed by atoms with Crippen LogP contribution < -0.4 is 5.32 Å². The molecule has 0 radical (unpaired) electrons. The van der Waals surface area contributed by atoms with E-state index in [2.05, 4.69) is 12.2 Å². The maximum atomic E-state index is 11.6. The number of hydrogen-bond acceptors (Lipinski definition) is 4. The van der Waals surface area contributed by atoms with E-state index < -0.39 is 12.0 Å². The highest BCUT2D eigenvalue weighted by molar-refractivity contribution is 5.73. The molecular formula is C19H37NO4. The highest BCUT2D eigenvalue weighted by Gasteiger charge is 2.18. The summed E-state index contributed by atoms with van der Waals surface area (Å²) in [4.78, 5) is 22.7. The lowest BCUT2D eigenvalue weighted by Gasteiger charge is -2.16. The molecule has 5 nitrogen and oxygen atoms in total. The van der Waals surface area contributed by atoms with Crippen molar-refractivity contribution in [2.75, 3.05) is 13.2 Å². The van der Waals surface area contributed by atoms with E-state index in [9.17, 15) is 9.59 Å². The second kappa shape index (κ2) is 15.4. The van der Waals surface area contributed by atoms with E-state index in [0.29, 0.717) is 25.5 Å². The fraction of sp³-hybridized carbons (Fsp3) is 0.895. The standard InChI is InChI=1S/C19H37NO4/c1-4-5-6-7-8-9-10-11-14-24-18(21)12-13-20-17(19(22)23)15-16(2)3/h16-17,20H,4-15H2,1-3H3,(H,22,23). The normalized spacial score (nSPS) is 12.3. The summed E-state index contributed by atoms with van der Waals surface area (Å²) in [5.41, 5.74) is 0. The van der Waals surface area contributed by atoms with Crippen LogP contribution in [0.15, 0.2) is 0 Å². The second-order valence-corrected chi connectivity index (χ2v) is 6.92. The van der Waals surface area contributed by atoms with Crippen LogP contribution in [0.1, 0.15) is 85.0 Å². The van der Waals surface area contributed by atoms with Gasteiger partial charge in [-0.05, 0) is 18.8 Å². The van der Waals surface area contributed by atoms with Gasteiger partial charge in [-0.1, -0.05) is 65.7 Å². The van der Waals surface area contributed by atoms with Crippen LogP contribution in [0.3, 0.4) is 0 Å². The van der Waals surface area contributed by atoms with Crippen LogP contribution in [0.2, 0.25) is 0 Å². The Labute approximate surface area is 147 Å². The van der Waals surface area contributed by atoms with Gasteiger partial charge in [0, 0.05) is 6.54 Å². The first-order valence-corrected chi connectivity index (χ1v) is 9.59. The summed E-state index contributed by atoms with van der Waals surface area (Å²) in [6.07, 6.45) is 10.5. The van der Waals surface area contributed by atoms with Crippen molar-refractivity contribution in [3.63, 3.8) is 0 Å². The fourth-order valence-electron chi connectivity index (χ4n) is 2.59. The molecule has 0 aromatic carbocycles. The van der Waals surface area contributed by atoms with E-state index in [-0.39, 0.29) is 12.4 Å². The van der Waals surface area contributed by atoms with Crippen molar-refractivity contribution in [1.29, 1.82) is 0 Å². The zero-order valence-corrected chi connectivity index (χ0v) is 15.8.